The van der Waals surface area contributed by atoms with Crippen molar-refractivity contribution >= 4 is 28.3 Å². The largest absolute Gasteiger partial charge is 0.496 e. The lowest BCUT2D eigenvalue weighted by molar-refractivity contribution is -0.122. The van der Waals surface area contributed by atoms with Gasteiger partial charge in [-0.2, -0.15) is 0 Å². The summed E-state index contributed by atoms with van der Waals surface area (Å²) in [5, 5.41) is 0.954. The molecule has 2 aromatic carbocycles. The van der Waals surface area contributed by atoms with Gasteiger partial charge in [0.05, 0.1) is 18.5 Å². The molecule has 0 aliphatic carbocycles. The molecule has 1 heterocycles. The number of hydrogen-bond donors (Lipinski definition) is 2. The van der Waals surface area contributed by atoms with Gasteiger partial charge in [0.25, 0.3) is 0 Å². The first-order chi connectivity index (χ1) is 13.0. The van der Waals surface area contributed by atoms with Crippen LogP contribution in [0.2, 0.25) is 0 Å². The Morgan fingerprint density at radius 2 is 1.96 bits per heavy atom. The predicted octanol–water partition coefficient (Wildman–Crippen LogP) is 2.81. The Labute approximate surface area is 158 Å². The van der Waals surface area contributed by atoms with E-state index in [2.05, 4.69) is 15.4 Å². The lowest BCUT2D eigenvalue weighted by atomic mass is 9.98. The van der Waals surface area contributed by atoms with Crippen molar-refractivity contribution in [1.82, 2.24) is 15.4 Å². The summed E-state index contributed by atoms with van der Waals surface area (Å²) in [4.78, 5) is 23.1. The lowest BCUT2D eigenvalue weighted by Crippen LogP contribution is -2.33. The molecule has 0 saturated heterocycles. The molecule has 3 aromatic rings. The van der Waals surface area contributed by atoms with Gasteiger partial charge in [-0.25, -0.2) is 15.8 Å². The molecule has 0 spiro atoms. The molecule has 1 unspecified atom stereocenters. The van der Waals surface area contributed by atoms with Gasteiger partial charge in [0.15, 0.2) is 0 Å². The number of hydrazine groups is 1. The molecule has 7 nitrogen and oxygen atoms in total. The van der Waals surface area contributed by atoms with Gasteiger partial charge in [0, 0.05) is 23.7 Å². The number of methoxy groups -OCH3 is 1. The van der Waals surface area contributed by atoms with E-state index in [0.717, 1.165) is 28.0 Å². The summed E-state index contributed by atoms with van der Waals surface area (Å²) in [5.74, 6) is 6.69. The highest BCUT2D eigenvalue weighted by molar-refractivity contribution is 5.91. The Hall–Kier alpha value is -3.19. The van der Waals surface area contributed by atoms with Crippen LogP contribution in [0.25, 0.3) is 10.9 Å². The molecule has 0 aliphatic heterocycles. The summed E-state index contributed by atoms with van der Waals surface area (Å²) < 4.78 is 5.43. The SMILES string of the molecule is COc1ccc(N(C)c2nc(C)nc3ccccc23)cc1C(C)C(=O)NN. The number of ether oxygens (including phenoxy) is 1. The number of nitrogens with two attached hydrogens (primary N) is 1. The minimum atomic E-state index is -0.456. The topological polar surface area (TPSA) is 93.4 Å². The molecular weight excluding hydrogens is 342 g/mol. The zero-order valence-electron chi connectivity index (χ0n) is 15.9. The van der Waals surface area contributed by atoms with Crippen molar-refractivity contribution in [2.75, 3.05) is 19.1 Å². The molecule has 3 N–H and O–H groups in total. The van der Waals surface area contributed by atoms with Crippen molar-refractivity contribution in [3.05, 3.63) is 53.9 Å². The summed E-state index contributed by atoms with van der Waals surface area (Å²) in [7, 11) is 3.52. The van der Waals surface area contributed by atoms with Gasteiger partial charge in [0.2, 0.25) is 5.91 Å². The standard InChI is InChI=1S/C20H23N5O2/c1-12(20(26)24-21)16-11-14(9-10-18(16)27-4)25(3)19-15-7-5-6-8-17(15)22-13(2)23-19/h5-12H,21H2,1-4H3,(H,24,26). The lowest BCUT2D eigenvalue weighted by Gasteiger charge is -2.23. The average molecular weight is 365 g/mol. The number of aromatic nitrogens is 2. The van der Waals surface area contributed by atoms with Crippen molar-refractivity contribution in [2.45, 2.75) is 19.8 Å². The van der Waals surface area contributed by atoms with E-state index >= 15 is 0 Å². The number of benzene rings is 2. The Balaban J connectivity index is 2.10. The highest BCUT2D eigenvalue weighted by atomic mass is 16.5. The van der Waals surface area contributed by atoms with Crippen LogP contribution >= 0.6 is 0 Å². The minimum Gasteiger partial charge on any atom is -0.496 e. The number of fused-ring (bicyclic) bond motifs is 1. The summed E-state index contributed by atoms with van der Waals surface area (Å²) in [6.07, 6.45) is 0. The number of carbonyl (C=O) groups excluding carboxylic acids is 1. The average Bonchev–Trinajstić information content (AvgIpc) is 2.70. The maximum Gasteiger partial charge on any atom is 0.241 e. The van der Waals surface area contributed by atoms with E-state index in [1.54, 1.807) is 14.0 Å². The van der Waals surface area contributed by atoms with E-state index in [1.165, 1.54) is 0 Å². The van der Waals surface area contributed by atoms with Gasteiger partial charge in [-0.15, -0.1) is 0 Å². The zero-order chi connectivity index (χ0) is 19.6. The van der Waals surface area contributed by atoms with Crippen LogP contribution in [0, 0.1) is 6.92 Å². The number of para-hydroxylation sites is 1. The summed E-state index contributed by atoms with van der Waals surface area (Å²) in [6, 6.07) is 13.6. The third-order valence-electron chi connectivity index (χ3n) is 4.62. The normalized spacial score (nSPS) is 11.9. The van der Waals surface area contributed by atoms with Crippen LogP contribution in [0.1, 0.15) is 24.2 Å². The second kappa shape index (κ2) is 7.59. The molecular formula is C20H23N5O2. The van der Waals surface area contributed by atoms with Gasteiger partial charge in [-0.1, -0.05) is 12.1 Å². The Kier molecular flexibility index (Phi) is 5.23. The van der Waals surface area contributed by atoms with Crippen LogP contribution in [0.15, 0.2) is 42.5 Å². The summed E-state index contributed by atoms with van der Waals surface area (Å²) in [6.45, 7) is 3.66. The van der Waals surface area contributed by atoms with E-state index in [0.29, 0.717) is 11.6 Å². The second-order valence-corrected chi connectivity index (χ2v) is 6.33. The van der Waals surface area contributed by atoms with Crippen molar-refractivity contribution in [3.8, 4) is 5.75 Å². The first-order valence-electron chi connectivity index (χ1n) is 8.61. The first kappa shape index (κ1) is 18.6. The van der Waals surface area contributed by atoms with Gasteiger partial charge >= 0.3 is 0 Å². The van der Waals surface area contributed by atoms with E-state index < -0.39 is 5.92 Å². The number of nitrogens with zero attached hydrogens (tertiary/aromatic N) is 3. The molecule has 1 atom stereocenters. The first-order valence-corrected chi connectivity index (χ1v) is 8.61. The molecule has 0 bridgehead atoms. The van der Waals surface area contributed by atoms with E-state index in [-0.39, 0.29) is 5.91 Å². The van der Waals surface area contributed by atoms with Crippen LogP contribution in [0.4, 0.5) is 11.5 Å². The molecule has 0 saturated carbocycles. The Bertz CT molecular complexity index is 989. The number of anilines is 2. The minimum absolute atomic E-state index is 0.281. The number of aryl methyl sites for hydroxylation is 1. The van der Waals surface area contributed by atoms with Crippen LogP contribution in [-0.4, -0.2) is 30.0 Å². The van der Waals surface area contributed by atoms with Crippen LogP contribution in [0.5, 0.6) is 5.75 Å². The monoisotopic (exact) mass is 365 g/mol. The molecule has 27 heavy (non-hydrogen) atoms. The number of nitrogens with one attached hydrogen (secondary N) is 1. The quantitative estimate of drug-likeness (QED) is 0.410. The van der Waals surface area contributed by atoms with Gasteiger partial charge in [0.1, 0.15) is 17.4 Å². The summed E-state index contributed by atoms with van der Waals surface area (Å²) >= 11 is 0. The Morgan fingerprint density at radius 1 is 1.22 bits per heavy atom. The number of amides is 1. The number of rotatable bonds is 5. The van der Waals surface area contributed by atoms with E-state index in [4.69, 9.17) is 10.6 Å². The maximum atomic E-state index is 12.0. The fourth-order valence-electron chi connectivity index (χ4n) is 3.09. The van der Waals surface area contributed by atoms with E-state index in [1.807, 2.05) is 61.3 Å². The molecule has 0 fully saturated rings. The number of carbonyl (C=O) groups is 1. The molecule has 1 amide bonds. The predicted molar refractivity (Wildman–Crippen MR) is 106 cm³/mol. The smallest absolute Gasteiger partial charge is 0.241 e. The fraction of sp³-hybridized carbons (Fsp3) is 0.250. The van der Waals surface area contributed by atoms with Crippen molar-refractivity contribution in [1.29, 1.82) is 0 Å². The maximum absolute atomic E-state index is 12.0. The van der Waals surface area contributed by atoms with Crippen molar-refractivity contribution in [3.63, 3.8) is 0 Å². The van der Waals surface area contributed by atoms with E-state index in [9.17, 15) is 4.79 Å². The molecule has 7 heteroatoms. The molecule has 0 aliphatic rings. The molecule has 140 valence electrons. The summed E-state index contributed by atoms with van der Waals surface area (Å²) in [5.41, 5.74) is 4.71. The fourth-order valence-corrected chi connectivity index (χ4v) is 3.09. The zero-order valence-corrected chi connectivity index (χ0v) is 15.9. The van der Waals surface area contributed by atoms with Crippen LogP contribution < -0.4 is 20.9 Å². The molecule has 1 aromatic heterocycles. The highest BCUT2D eigenvalue weighted by Gasteiger charge is 2.21. The van der Waals surface area contributed by atoms with Gasteiger partial charge < -0.3 is 9.64 Å². The molecule has 3 rings (SSSR count). The Morgan fingerprint density at radius 3 is 2.67 bits per heavy atom. The van der Waals surface area contributed by atoms with Crippen molar-refractivity contribution < 1.29 is 9.53 Å². The highest BCUT2D eigenvalue weighted by Crippen LogP contribution is 2.34. The van der Waals surface area contributed by atoms with Crippen LogP contribution in [-0.2, 0) is 4.79 Å². The van der Waals surface area contributed by atoms with Crippen LogP contribution in [0.3, 0.4) is 0 Å². The van der Waals surface area contributed by atoms with Gasteiger partial charge in [-0.3, -0.25) is 10.2 Å². The molecule has 0 radical (unpaired) electrons. The number of hydrogen-bond acceptors (Lipinski definition) is 6. The van der Waals surface area contributed by atoms with Crippen molar-refractivity contribution in [2.24, 2.45) is 5.84 Å². The second-order valence-electron chi connectivity index (χ2n) is 6.33. The van der Waals surface area contributed by atoms with Gasteiger partial charge in [-0.05, 0) is 44.2 Å². The third kappa shape index (κ3) is 3.54. The third-order valence-corrected chi connectivity index (χ3v) is 4.62.